The molecule has 3 aromatic heterocycles. The molecule has 9 heteroatoms. The molecular weight excluding hydrogens is 361 g/mol. The summed E-state index contributed by atoms with van der Waals surface area (Å²) in [6.07, 6.45) is -1.12. The first kappa shape index (κ1) is 17.6. The molecule has 4 heterocycles. The third kappa shape index (κ3) is 3.17. The molecule has 1 aliphatic rings. The first-order chi connectivity index (χ1) is 12.8. The van der Waals surface area contributed by atoms with Crippen LogP contribution in [0.25, 0.3) is 21.9 Å². The lowest BCUT2D eigenvalue weighted by atomic mass is 9.80. The Bertz CT molecular complexity index is 1000. The third-order valence-corrected chi connectivity index (χ3v) is 5.19. The number of hydrogen-bond donors (Lipinski definition) is 2. The van der Waals surface area contributed by atoms with E-state index in [1.54, 1.807) is 24.7 Å². The number of fused-ring (bicyclic) bond motifs is 3. The maximum absolute atomic E-state index is 13.2. The Morgan fingerprint density at radius 3 is 2.89 bits per heavy atom. The average molecular weight is 378 g/mol. The molecule has 3 aromatic rings. The molecule has 0 bridgehead atoms. The van der Waals surface area contributed by atoms with Crippen molar-refractivity contribution >= 4 is 28.0 Å². The molecule has 0 radical (unpaired) electrons. The second-order valence-electron chi connectivity index (χ2n) is 6.77. The van der Waals surface area contributed by atoms with Gasteiger partial charge in [-0.25, -0.2) is 9.78 Å². The van der Waals surface area contributed by atoms with Gasteiger partial charge in [0.25, 0.3) is 0 Å². The first-order valence-electron chi connectivity index (χ1n) is 8.62. The summed E-state index contributed by atoms with van der Waals surface area (Å²) in [5.41, 5.74) is 1.89. The maximum atomic E-state index is 13.2. The van der Waals surface area contributed by atoms with Crippen LogP contribution in [0.3, 0.4) is 0 Å². The second kappa shape index (κ2) is 6.40. The van der Waals surface area contributed by atoms with Crippen molar-refractivity contribution in [1.82, 2.24) is 19.9 Å². The summed E-state index contributed by atoms with van der Waals surface area (Å²) in [7, 11) is 0. The Kier molecular flexibility index (Phi) is 4.16. The summed E-state index contributed by atoms with van der Waals surface area (Å²) >= 11 is 0. The lowest BCUT2D eigenvalue weighted by Gasteiger charge is -2.40. The highest BCUT2D eigenvalue weighted by atomic mass is 19.4. The quantitative estimate of drug-likeness (QED) is 0.697. The fourth-order valence-electron chi connectivity index (χ4n) is 4.14. The van der Waals surface area contributed by atoms with Crippen LogP contribution in [0.15, 0.2) is 30.7 Å². The molecule has 1 amide bonds. The summed E-state index contributed by atoms with van der Waals surface area (Å²) < 4.78 is 39.7. The number of amides is 1. The van der Waals surface area contributed by atoms with Crippen molar-refractivity contribution < 1.29 is 23.1 Å². The van der Waals surface area contributed by atoms with E-state index in [9.17, 15) is 23.1 Å². The van der Waals surface area contributed by atoms with Crippen LogP contribution in [-0.2, 0) is 0 Å². The van der Waals surface area contributed by atoms with E-state index < -0.39 is 30.7 Å². The number of alkyl halides is 3. The number of pyridine rings is 2. The zero-order valence-electron chi connectivity index (χ0n) is 14.2. The van der Waals surface area contributed by atoms with Crippen molar-refractivity contribution in [2.45, 2.75) is 37.4 Å². The number of piperidine rings is 1. The number of carboxylic acid groups (broad SMARTS) is 1. The van der Waals surface area contributed by atoms with Crippen molar-refractivity contribution in [2.75, 3.05) is 6.54 Å². The van der Waals surface area contributed by atoms with Gasteiger partial charge in [-0.2, -0.15) is 13.2 Å². The topological polar surface area (TPSA) is 82.1 Å². The lowest BCUT2D eigenvalue weighted by molar-refractivity contribution is -0.149. The number of H-pyrrole nitrogens is 1. The van der Waals surface area contributed by atoms with E-state index in [-0.39, 0.29) is 6.54 Å². The lowest BCUT2D eigenvalue weighted by Crippen LogP contribution is -2.48. The summed E-state index contributed by atoms with van der Waals surface area (Å²) in [6.45, 7) is 0.108. The third-order valence-electron chi connectivity index (χ3n) is 5.19. The first-order valence-corrected chi connectivity index (χ1v) is 8.62. The monoisotopic (exact) mass is 378 g/mol. The van der Waals surface area contributed by atoms with Crippen molar-refractivity contribution in [1.29, 1.82) is 0 Å². The van der Waals surface area contributed by atoms with Gasteiger partial charge in [-0.05, 0) is 30.5 Å². The van der Waals surface area contributed by atoms with Crippen molar-refractivity contribution in [2.24, 2.45) is 0 Å². The smallest absolute Gasteiger partial charge is 0.407 e. The number of carbonyl (C=O) groups is 1. The summed E-state index contributed by atoms with van der Waals surface area (Å²) in [6, 6.07) is 2.35. The van der Waals surface area contributed by atoms with E-state index in [1.165, 1.54) is 0 Å². The molecule has 0 aliphatic carbocycles. The van der Waals surface area contributed by atoms with E-state index in [1.807, 2.05) is 6.07 Å². The van der Waals surface area contributed by atoms with Gasteiger partial charge in [0.15, 0.2) is 0 Å². The highest BCUT2D eigenvalue weighted by Crippen LogP contribution is 2.41. The van der Waals surface area contributed by atoms with Crippen molar-refractivity contribution in [3.63, 3.8) is 0 Å². The Morgan fingerprint density at radius 1 is 1.33 bits per heavy atom. The fraction of sp³-hybridized carbons (Fsp3) is 0.389. The largest absolute Gasteiger partial charge is 0.465 e. The van der Waals surface area contributed by atoms with Crippen molar-refractivity contribution in [3.8, 4) is 0 Å². The predicted octanol–water partition coefficient (Wildman–Crippen LogP) is 4.29. The van der Waals surface area contributed by atoms with Crippen LogP contribution in [0.4, 0.5) is 18.0 Å². The fourth-order valence-corrected chi connectivity index (χ4v) is 4.14. The minimum atomic E-state index is -4.46. The molecule has 1 aliphatic heterocycles. The van der Waals surface area contributed by atoms with Gasteiger partial charge < -0.3 is 15.0 Å². The molecule has 0 aromatic carbocycles. The number of halogens is 3. The molecule has 1 saturated heterocycles. The van der Waals surface area contributed by atoms with E-state index >= 15 is 0 Å². The average Bonchev–Trinajstić information content (AvgIpc) is 3.09. The van der Waals surface area contributed by atoms with Crippen LogP contribution in [0.2, 0.25) is 0 Å². The Balaban J connectivity index is 1.89. The SMILES string of the molecule is O=C(O)N1CCCC(c2ccnc3cnc4[nH]ccc4c23)C1CC(F)(F)F. The number of aromatic nitrogens is 3. The molecule has 2 N–H and O–H groups in total. The van der Waals surface area contributed by atoms with E-state index in [4.69, 9.17) is 0 Å². The zero-order chi connectivity index (χ0) is 19.2. The molecule has 2 atom stereocenters. The number of aromatic amines is 1. The number of hydrogen-bond acceptors (Lipinski definition) is 3. The summed E-state index contributed by atoms with van der Waals surface area (Å²) in [5.74, 6) is -0.567. The highest BCUT2D eigenvalue weighted by Gasteiger charge is 2.43. The van der Waals surface area contributed by atoms with Crippen LogP contribution >= 0.6 is 0 Å². The molecule has 0 spiro atoms. The van der Waals surface area contributed by atoms with Crippen LogP contribution in [0, 0.1) is 0 Å². The number of likely N-dealkylation sites (tertiary alicyclic amines) is 1. The van der Waals surface area contributed by atoms with E-state index in [2.05, 4.69) is 15.0 Å². The molecule has 4 rings (SSSR count). The molecule has 142 valence electrons. The van der Waals surface area contributed by atoms with Crippen molar-refractivity contribution in [3.05, 3.63) is 36.3 Å². The second-order valence-corrected chi connectivity index (χ2v) is 6.77. The molecule has 0 saturated carbocycles. The van der Waals surface area contributed by atoms with Gasteiger partial charge in [0, 0.05) is 35.6 Å². The molecule has 6 nitrogen and oxygen atoms in total. The van der Waals surface area contributed by atoms with Gasteiger partial charge in [-0.15, -0.1) is 0 Å². The molecule has 1 fully saturated rings. The number of nitrogens with one attached hydrogen (secondary N) is 1. The molecule has 27 heavy (non-hydrogen) atoms. The van der Waals surface area contributed by atoms with E-state index in [0.29, 0.717) is 29.6 Å². The molecular formula is C18H17F3N4O2. The Morgan fingerprint density at radius 2 is 2.15 bits per heavy atom. The Hall–Kier alpha value is -2.84. The van der Waals surface area contributed by atoms with E-state index in [0.717, 1.165) is 15.7 Å². The highest BCUT2D eigenvalue weighted by molar-refractivity contribution is 6.05. The van der Waals surface area contributed by atoms with Crippen LogP contribution in [-0.4, -0.2) is 49.8 Å². The maximum Gasteiger partial charge on any atom is 0.407 e. The standard InChI is InChI=1S/C18H17F3N4O2/c19-18(20,21)8-14-10(2-1-7-25(14)17(26)27)11-3-5-22-13-9-24-16-12(15(11)13)4-6-23-16/h3-6,9-10,14H,1-2,7-8H2,(H,23,24)(H,26,27). The number of rotatable bonds is 2. The van der Waals surface area contributed by atoms with Gasteiger partial charge in [0.1, 0.15) is 5.65 Å². The zero-order valence-corrected chi connectivity index (χ0v) is 14.2. The predicted molar refractivity (Wildman–Crippen MR) is 92.6 cm³/mol. The van der Waals surface area contributed by atoms with Crippen LogP contribution < -0.4 is 0 Å². The molecule has 2 unspecified atom stereocenters. The number of nitrogens with zero attached hydrogens (tertiary/aromatic N) is 3. The summed E-state index contributed by atoms with van der Waals surface area (Å²) in [4.78, 5) is 24.1. The summed E-state index contributed by atoms with van der Waals surface area (Å²) in [5, 5.41) is 11.0. The van der Waals surface area contributed by atoms with Gasteiger partial charge >= 0.3 is 12.3 Å². The Labute approximate surface area is 152 Å². The van der Waals surface area contributed by atoms with Crippen LogP contribution in [0.1, 0.15) is 30.7 Å². The van der Waals surface area contributed by atoms with Gasteiger partial charge in [0.2, 0.25) is 0 Å². The van der Waals surface area contributed by atoms with Gasteiger partial charge in [-0.3, -0.25) is 4.98 Å². The normalized spacial score (nSPS) is 21.1. The van der Waals surface area contributed by atoms with Gasteiger partial charge in [0.05, 0.1) is 24.2 Å². The van der Waals surface area contributed by atoms with Crippen LogP contribution in [0.5, 0.6) is 0 Å². The minimum Gasteiger partial charge on any atom is -0.465 e. The minimum absolute atomic E-state index is 0.108. The van der Waals surface area contributed by atoms with Gasteiger partial charge in [-0.1, -0.05) is 0 Å².